The Bertz CT molecular complexity index is 852. The number of carbonyl (C=O) groups excluding carboxylic acids is 1. The lowest BCUT2D eigenvalue weighted by molar-refractivity contribution is 0.0278. The predicted molar refractivity (Wildman–Crippen MR) is 111 cm³/mol. The Hall–Kier alpha value is -2.80. The minimum absolute atomic E-state index is 0.0162. The Labute approximate surface area is 171 Å². The van der Waals surface area contributed by atoms with E-state index in [1.807, 2.05) is 24.4 Å². The Balaban J connectivity index is 1.74. The average molecular weight is 396 g/mol. The molecule has 2 unspecified atom stereocenters. The number of aromatic nitrogens is 1. The number of carbonyl (C=O) groups is 1. The molecule has 0 saturated carbocycles. The standard InChI is InChI=1S/C22H28N4O3/c1-28-17-5-6-18(20(13-17)29-2)26(22(23)27)21-16-7-10-25(11-8-16)19(21)12-15-4-3-9-24-14-15/h3-6,9,13-14,16,19,21H,7-8,10-12H2,1-2H3,(H2,23,27). The number of anilines is 1. The van der Waals surface area contributed by atoms with Gasteiger partial charge in [0.05, 0.1) is 25.9 Å². The van der Waals surface area contributed by atoms with Gasteiger partial charge < -0.3 is 15.2 Å². The SMILES string of the molecule is COc1ccc(N(C(N)=O)C2C3CCN(CC3)C2Cc2cccnc2)c(OC)c1. The summed E-state index contributed by atoms with van der Waals surface area (Å²) in [6, 6.07) is 9.26. The third-order valence-corrected chi connectivity index (χ3v) is 6.27. The Morgan fingerprint density at radius 2 is 2.03 bits per heavy atom. The van der Waals surface area contributed by atoms with E-state index in [-0.39, 0.29) is 12.1 Å². The summed E-state index contributed by atoms with van der Waals surface area (Å²) < 4.78 is 10.9. The number of amides is 2. The summed E-state index contributed by atoms with van der Waals surface area (Å²) in [7, 11) is 3.21. The number of ether oxygens (including phenoxy) is 2. The molecule has 2 aromatic rings. The fourth-order valence-corrected chi connectivity index (χ4v) is 4.93. The summed E-state index contributed by atoms with van der Waals surface area (Å²) in [4.78, 5) is 21.2. The summed E-state index contributed by atoms with van der Waals surface area (Å²) in [5.74, 6) is 1.66. The molecule has 2 bridgehead atoms. The third kappa shape index (κ3) is 3.74. The zero-order valence-electron chi connectivity index (χ0n) is 17.0. The van der Waals surface area contributed by atoms with Gasteiger partial charge in [-0.15, -0.1) is 0 Å². The molecule has 2 N–H and O–H groups in total. The van der Waals surface area contributed by atoms with Gasteiger partial charge in [-0.05, 0) is 62.0 Å². The monoisotopic (exact) mass is 396 g/mol. The number of hydrogen-bond acceptors (Lipinski definition) is 5. The van der Waals surface area contributed by atoms with E-state index in [2.05, 4.69) is 16.0 Å². The van der Waals surface area contributed by atoms with E-state index in [1.54, 1.807) is 31.4 Å². The lowest BCUT2D eigenvalue weighted by Crippen LogP contribution is -2.66. The molecule has 2 amide bonds. The maximum absolute atomic E-state index is 12.7. The van der Waals surface area contributed by atoms with Crippen molar-refractivity contribution in [2.75, 3.05) is 32.2 Å². The molecule has 2 atom stereocenters. The number of nitrogens with zero attached hydrogens (tertiary/aromatic N) is 3. The number of piperidine rings is 3. The van der Waals surface area contributed by atoms with Gasteiger partial charge in [-0.1, -0.05) is 6.07 Å². The average Bonchev–Trinajstić information content (AvgIpc) is 2.76. The lowest BCUT2D eigenvalue weighted by Gasteiger charge is -2.54. The molecule has 5 rings (SSSR count). The van der Waals surface area contributed by atoms with E-state index in [1.165, 1.54) is 5.56 Å². The molecule has 7 nitrogen and oxygen atoms in total. The van der Waals surface area contributed by atoms with Crippen molar-refractivity contribution in [3.8, 4) is 11.5 Å². The smallest absolute Gasteiger partial charge is 0.319 e. The number of nitrogens with two attached hydrogens (primary N) is 1. The zero-order valence-corrected chi connectivity index (χ0v) is 17.0. The van der Waals surface area contributed by atoms with Gasteiger partial charge in [0.25, 0.3) is 0 Å². The normalized spacial score (nSPS) is 25.4. The number of pyridine rings is 1. The molecule has 3 fully saturated rings. The van der Waals surface area contributed by atoms with E-state index in [4.69, 9.17) is 15.2 Å². The van der Waals surface area contributed by atoms with Crippen molar-refractivity contribution in [3.63, 3.8) is 0 Å². The molecule has 3 aliphatic heterocycles. The van der Waals surface area contributed by atoms with Crippen LogP contribution < -0.4 is 20.1 Å². The zero-order chi connectivity index (χ0) is 20.4. The van der Waals surface area contributed by atoms with Crippen LogP contribution in [0.4, 0.5) is 10.5 Å². The molecule has 0 radical (unpaired) electrons. The van der Waals surface area contributed by atoms with Crippen LogP contribution in [0.1, 0.15) is 18.4 Å². The van der Waals surface area contributed by atoms with Crippen LogP contribution in [0.15, 0.2) is 42.7 Å². The topological polar surface area (TPSA) is 80.9 Å². The molecule has 1 aromatic heterocycles. The Morgan fingerprint density at radius 3 is 2.66 bits per heavy atom. The number of urea groups is 1. The molecule has 0 aliphatic carbocycles. The van der Waals surface area contributed by atoms with Crippen molar-refractivity contribution in [1.82, 2.24) is 9.88 Å². The quantitative estimate of drug-likeness (QED) is 0.812. The second kappa shape index (κ2) is 8.29. The van der Waals surface area contributed by atoms with Crippen molar-refractivity contribution in [2.45, 2.75) is 31.3 Å². The molecule has 0 spiro atoms. The highest BCUT2D eigenvalue weighted by Gasteiger charge is 2.47. The summed E-state index contributed by atoms with van der Waals surface area (Å²) in [5.41, 5.74) is 7.81. The van der Waals surface area contributed by atoms with Crippen LogP contribution in [0.3, 0.4) is 0 Å². The van der Waals surface area contributed by atoms with Crippen molar-refractivity contribution in [2.24, 2.45) is 11.7 Å². The predicted octanol–water partition coefficient (Wildman–Crippen LogP) is 2.69. The van der Waals surface area contributed by atoms with Crippen LogP contribution in [-0.4, -0.2) is 55.3 Å². The lowest BCUT2D eigenvalue weighted by atomic mass is 9.76. The highest BCUT2D eigenvalue weighted by atomic mass is 16.5. The van der Waals surface area contributed by atoms with E-state index < -0.39 is 6.03 Å². The Morgan fingerprint density at radius 1 is 1.24 bits per heavy atom. The number of fused-ring (bicyclic) bond motifs is 3. The van der Waals surface area contributed by atoms with Crippen molar-refractivity contribution in [1.29, 1.82) is 0 Å². The van der Waals surface area contributed by atoms with Gasteiger partial charge >= 0.3 is 6.03 Å². The van der Waals surface area contributed by atoms with Crippen LogP contribution in [0.5, 0.6) is 11.5 Å². The van der Waals surface area contributed by atoms with Crippen molar-refractivity contribution in [3.05, 3.63) is 48.3 Å². The molecule has 3 aliphatic rings. The highest BCUT2D eigenvalue weighted by Crippen LogP contribution is 2.42. The fourth-order valence-electron chi connectivity index (χ4n) is 4.93. The largest absolute Gasteiger partial charge is 0.497 e. The minimum Gasteiger partial charge on any atom is -0.497 e. The molecule has 3 saturated heterocycles. The number of methoxy groups -OCH3 is 2. The molecular formula is C22H28N4O3. The first-order valence-corrected chi connectivity index (χ1v) is 10.1. The van der Waals surface area contributed by atoms with Crippen molar-refractivity contribution < 1.29 is 14.3 Å². The van der Waals surface area contributed by atoms with Crippen LogP contribution in [-0.2, 0) is 6.42 Å². The van der Waals surface area contributed by atoms with Gasteiger partial charge in [-0.2, -0.15) is 0 Å². The third-order valence-electron chi connectivity index (χ3n) is 6.27. The molecule has 29 heavy (non-hydrogen) atoms. The van der Waals surface area contributed by atoms with Gasteiger partial charge in [0.2, 0.25) is 0 Å². The van der Waals surface area contributed by atoms with E-state index in [9.17, 15) is 4.79 Å². The molecular weight excluding hydrogens is 368 g/mol. The summed E-state index contributed by atoms with van der Waals surface area (Å²) in [6.07, 6.45) is 6.65. The summed E-state index contributed by atoms with van der Waals surface area (Å²) in [6.45, 7) is 2.11. The van der Waals surface area contributed by atoms with Gasteiger partial charge in [-0.25, -0.2) is 4.79 Å². The molecule has 1 aromatic carbocycles. The maximum Gasteiger partial charge on any atom is 0.319 e. The van der Waals surface area contributed by atoms with E-state index in [0.717, 1.165) is 32.4 Å². The van der Waals surface area contributed by atoms with Crippen LogP contribution in [0, 0.1) is 5.92 Å². The van der Waals surface area contributed by atoms with Gasteiger partial charge in [0.15, 0.2) is 0 Å². The Kier molecular flexibility index (Phi) is 5.58. The molecule has 4 heterocycles. The summed E-state index contributed by atoms with van der Waals surface area (Å²) in [5, 5.41) is 0. The minimum atomic E-state index is -0.455. The first-order chi connectivity index (χ1) is 14.1. The first kappa shape index (κ1) is 19.5. The van der Waals surface area contributed by atoms with Gasteiger partial charge in [0.1, 0.15) is 11.5 Å². The fraction of sp³-hybridized carbons (Fsp3) is 0.455. The van der Waals surface area contributed by atoms with Crippen LogP contribution in [0.2, 0.25) is 0 Å². The van der Waals surface area contributed by atoms with Crippen molar-refractivity contribution >= 4 is 11.7 Å². The van der Waals surface area contributed by atoms with E-state index in [0.29, 0.717) is 23.1 Å². The number of benzene rings is 1. The highest BCUT2D eigenvalue weighted by molar-refractivity contribution is 5.93. The number of primary amides is 1. The van der Waals surface area contributed by atoms with Crippen LogP contribution in [0.25, 0.3) is 0 Å². The molecule has 154 valence electrons. The van der Waals surface area contributed by atoms with Crippen LogP contribution >= 0.6 is 0 Å². The number of rotatable bonds is 6. The first-order valence-electron chi connectivity index (χ1n) is 10.1. The number of hydrogen-bond donors (Lipinski definition) is 1. The summed E-state index contributed by atoms with van der Waals surface area (Å²) >= 11 is 0. The van der Waals surface area contributed by atoms with Gasteiger partial charge in [-0.3, -0.25) is 14.8 Å². The van der Waals surface area contributed by atoms with Gasteiger partial charge in [0, 0.05) is 24.5 Å². The second-order valence-electron chi connectivity index (χ2n) is 7.74. The second-order valence-corrected chi connectivity index (χ2v) is 7.74. The maximum atomic E-state index is 12.7. The molecule has 7 heteroatoms. The van der Waals surface area contributed by atoms with E-state index >= 15 is 0 Å².